The number of nitrogens with zero attached hydrogens (tertiary/aromatic N) is 1. The Hall–Kier alpha value is -4.78. The average Bonchev–Trinajstić information content (AvgIpc) is 2.89. The fourth-order valence-electron chi connectivity index (χ4n) is 3.12. The van der Waals surface area contributed by atoms with Gasteiger partial charge in [0.2, 0.25) is 0 Å². The number of hydrogen-bond acceptors (Lipinski definition) is 5. The molecule has 0 aliphatic carbocycles. The van der Waals surface area contributed by atoms with Crippen molar-refractivity contribution in [1.29, 1.82) is 0 Å². The summed E-state index contributed by atoms with van der Waals surface area (Å²) in [4.78, 5) is 24.5. The van der Waals surface area contributed by atoms with Crippen molar-refractivity contribution in [3.63, 3.8) is 0 Å². The van der Waals surface area contributed by atoms with E-state index in [4.69, 9.17) is 9.47 Å². The molecule has 6 nitrogen and oxygen atoms in total. The quantitative estimate of drug-likeness (QED) is 0.163. The Bertz CT molecular complexity index is 1340. The summed E-state index contributed by atoms with van der Waals surface area (Å²) in [7, 11) is 0. The second-order valence-corrected chi connectivity index (χ2v) is 7.44. The van der Waals surface area contributed by atoms with Gasteiger partial charge in [-0.25, -0.2) is 14.6 Å². The van der Waals surface area contributed by atoms with Crippen LogP contribution in [0.25, 0.3) is 0 Å². The standard InChI is InChI=1S/C28H21FN2O4/c29-26-12-5-4-11-25(26)28(33)35-24-10-6-9-21(17-24)18-30-31-27(32)22-13-15-23(16-14-22)34-19-20-7-2-1-3-8-20/h1-18H,19H2,(H,31,32)/b30-18-. The summed E-state index contributed by atoms with van der Waals surface area (Å²) in [6.45, 7) is 0.436. The van der Waals surface area contributed by atoms with Gasteiger partial charge in [0.05, 0.1) is 11.8 Å². The van der Waals surface area contributed by atoms with Gasteiger partial charge >= 0.3 is 5.97 Å². The molecule has 0 bridgehead atoms. The molecular formula is C28H21FN2O4. The highest BCUT2D eigenvalue weighted by atomic mass is 19.1. The Morgan fingerprint density at radius 3 is 2.34 bits per heavy atom. The second kappa shape index (κ2) is 11.4. The monoisotopic (exact) mass is 468 g/mol. The SMILES string of the molecule is O=C(N/N=C\c1cccc(OC(=O)c2ccccc2F)c1)c1ccc(OCc2ccccc2)cc1. The Labute approximate surface area is 201 Å². The van der Waals surface area contributed by atoms with Gasteiger partial charge < -0.3 is 9.47 Å². The van der Waals surface area contributed by atoms with Crippen molar-refractivity contribution in [2.24, 2.45) is 5.10 Å². The van der Waals surface area contributed by atoms with Crippen LogP contribution in [0.1, 0.15) is 31.8 Å². The third kappa shape index (κ3) is 6.61. The number of amides is 1. The Morgan fingerprint density at radius 1 is 0.829 bits per heavy atom. The lowest BCUT2D eigenvalue weighted by atomic mass is 10.2. The molecule has 0 unspecified atom stereocenters. The molecule has 0 fully saturated rings. The number of rotatable bonds is 8. The lowest BCUT2D eigenvalue weighted by molar-refractivity contribution is 0.0729. The predicted octanol–water partition coefficient (Wildman–Crippen LogP) is 5.39. The summed E-state index contributed by atoms with van der Waals surface area (Å²) in [5, 5.41) is 3.95. The molecule has 7 heteroatoms. The highest BCUT2D eigenvalue weighted by molar-refractivity contribution is 5.95. The smallest absolute Gasteiger partial charge is 0.346 e. The first kappa shape index (κ1) is 23.4. The molecule has 0 aromatic heterocycles. The Kier molecular flexibility index (Phi) is 7.60. The molecule has 1 amide bonds. The van der Waals surface area contributed by atoms with E-state index in [0.717, 1.165) is 5.56 Å². The predicted molar refractivity (Wildman–Crippen MR) is 130 cm³/mol. The van der Waals surface area contributed by atoms with E-state index in [9.17, 15) is 14.0 Å². The maximum atomic E-state index is 13.8. The van der Waals surface area contributed by atoms with E-state index >= 15 is 0 Å². The van der Waals surface area contributed by atoms with Crippen LogP contribution in [0.3, 0.4) is 0 Å². The summed E-state index contributed by atoms with van der Waals surface area (Å²) in [6, 6.07) is 28.6. The third-order valence-electron chi connectivity index (χ3n) is 4.91. The highest BCUT2D eigenvalue weighted by Gasteiger charge is 2.13. The maximum absolute atomic E-state index is 13.8. The molecule has 4 aromatic rings. The van der Waals surface area contributed by atoms with Crippen LogP contribution in [0.2, 0.25) is 0 Å². The van der Waals surface area contributed by atoms with Gasteiger partial charge in [-0.2, -0.15) is 5.10 Å². The van der Waals surface area contributed by atoms with Crippen molar-refractivity contribution in [1.82, 2.24) is 5.43 Å². The summed E-state index contributed by atoms with van der Waals surface area (Å²) in [6.07, 6.45) is 1.41. The van der Waals surface area contributed by atoms with Crippen LogP contribution in [-0.4, -0.2) is 18.1 Å². The number of hydrazone groups is 1. The molecule has 4 aromatic carbocycles. The lowest BCUT2D eigenvalue weighted by Crippen LogP contribution is -2.17. The molecule has 0 heterocycles. The molecule has 0 radical (unpaired) electrons. The van der Waals surface area contributed by atoms with Crippen molar-refractivity contribution in [2.45, 2.75) is 6.61 Å². The number of hydrogen-bond donors (Lipinski definition) is 1. The minimum Gasteiger partial charge on any atom is -0.489 e. The van der Waals surface area contributed by atoms with E-state index in [2.05, 4.69) is 10.5 Å². The summed E-state index contributed by atoms with van der Waals surface area (Å²) in [5.74, 6) is -0.983. The second-order valence-electron chi connectivity index (χ2n) is 7.44. The zero-order valence-electron chi connectivity index (χ0n) is 18.6. The fourth-order valence-corrected chi connectivity index (χ4v) is 3.12. The van der Waals surface area contributed by atoms with Crippen LogP contribution in [0.5, 0.6) is 11.5 Å². The van der Waals surface area contributed by atoms with Crippen LogP contribution in [-0.2, 0) is 6.61 Å². The first-order valence-electron chi connectivity index (χ1n) is 10.8. The van der Waals surface area contributed by atoms with E-state index in [1.54, 1.807) is 54.6 Å². The molecule has 35 heavy (non-hydrogen) atoms. The van der Waals surface area contributed by atoms with E-state index in [1.807, 2.05) is 30.3 Å². The van der Waals surface area contributed by atoms with E-state index in [1.165, 1.54) is 24.4 Å². The molecule has 0 aliphatic rings. The highest BCUT2D eigenvalue weighted by Crippen LogP contribution is 2.16. The van der Waals surface area contributed by atoms with Crippen molar-refractivity contribution in [3.8, 4) is 11.5 Å². The van der Waals surface area contributed by atoms with Gasteiger partial charge in [0.25, 0.3) is 5.91 Å². The average molecular weight is 468 g/mol. The van der Waals surface area contributed by atoms with Crippen molar-refractivity contribution in [2.75, 3.05) is 0 Å². The third-order valence-corrected chi connectivity index (χ3v) is 4.91. The number of benzene rings is 4. The number of carbonyl (C=O) groups is 2. The van der Waals surface area contributed by atoms with Crippen LogP contribution in [0.15, 0.2) is 108 Å². The summed E-state index contributed by atoms with van der Waals surface area (Å²) in [5.41, 5.74) is 4.34. The molecule has 0 atom stereocenters. The number of halogens is 1. The van der Waals surface area contributed by atoms with Crippen LogP contribution >= 0.6 is 0 Å². The van der Waals surface area contributed by atoms with Crippen molar-refractivity contribution >= 4 is 18.1 Å². The maximum Gasteiger partial charge on any atom is 0.346 e. The molecule has 0 saturated heterocycles. The molecule has 0 saturated carbocycles. The Balaban J connectivity index is 1.30. The van der Waals surface area contributed by atoms with E-state index < -0.39 is 17.7 Å². The fraction of sp³-hybridized carbons (Fsp3) is 0.0357. The summed E-state index contributed by atoms with van der Waals surface area (Å²) < 4.78 is 24.7. The van der Waals surface area contributed by atoms with Gasteiger partial charge in [0, 0.05) is 5.56 Å². The normalized spacial score (nSPS) is 10.7. The molecular weight excluding hydrogens is 447 g/mol. The number of nitrogens with one attached hydrogen (secondary N) is 1. The van der Waals surface area contributed by atoms with Crippen molar-refractivity contribution < 1.29 is 23.5 Å². The molecule has 4 rings (SSSR count). The minimum atomic E-state index is -0.804. The number of carbonyl (C=O) groups excluding carboxylic acids is 2. The zero-order chi connectivity index (χ0) is 24.5. The van der Waals surface area contributed by atoms with Gasteiger partial charge in [0.15, 0.2) is 0 Å². The lowest BCUT2D eigenvalue weighted by Gasteiger charge is -2.07. The minimum absolute atomic E-state index is 0.157. The molecule has 0 aliphatic heterocycles. The van der Waals surface area contributed by atoms with Crippen LogP contribution < -0.4 is 14.9 Å². The molecule has 1 N–H and O–H groups in total. The largest absolute Gasteiger partial charge is 0.489 e. The van der Waals surface area contributed by atoms with Gasteiger partial charge in [-0.1, -0.05) is 54.6 Å². The van der Waals surface area contributed by atoms with Gasteiger partial charge in [-0.15, -0.1) is 0 Å². The van der Waals surface area contributed by atoms with Crippen LogP contribution in [0, 0.1) is 5.82 Å². The molecule has 174 valence electrons. The van der Waals surface area contributed by atoms with Gasteiger partial charge in [-0.3, -0.25) is 4.79 Å². The zero-order valence-corrected chi connectivity index (χ0v) is 18.6. The van der Waals surface area contributed by atoms with E-state index in [-0.39, 0.29) is 11.3 Å². The Morgan fingerprint density at radius 2 is 1.57 bits per heavy atom. The number of ether oxygens (including phenoxy) is 2. The first-order valence-corrected chi connectivity index (χ1v) is 10.8. The topological polar surface area (TPSA) is 77.0 Å². The van der Waals surface area contributed by atoms with E-state index in [0.29, 0.717) is 23.5 Å². The first-order chi connectivity index (χ1) is 17.1. The van der Waals surface area contributed by atoms with Gasteiger partial charge in [-0.05, 0) is 59.7 Å². The number of esters is 1. The van der Waals surface area contributed by atoms with Crippen molar-refractivity contribution in [3.05, 3.63) is 131 Å². The van der Waals surface area contributed by atoms with Crippen LogP contribution in [0.4, 0.5) is 4.39 Å². The molecule has 0 spiro atoms. The summed E-state index contributed by atoms with van der Waals surface area (Å²) >= 11 is 0. The van der Waals surface area contributed by atoms with Gasteiger partial charge in [0.1, 0.15) is 23.9 Å².